The van der Waals surface area contributed by atoms with Crippen LogP contribution in [-0.4, -0.2) is 58.5 Å². The number of benzene rings is 3. The maximum absolute atomic E-state index is 14.2. The van der Waals surface area contributed by atoms with Crippen LogP contribution in [0.1, 0.15) is 38.3 Å². The van der Waals surface area contributed by atoms with Crippen molar-refractivity contribution in [2.75, 3.05) is 31.6 Å². The molecule has 0 bridgehead atoms. The average Bonchev–Trinajstić information content (AvgIpc) is 2.98. The molecule has 42 heavy (non-hydrogen) atoms. The molecule has 0 saturated carbocycles. The number of carbonyl (C=O) groups excluding carboxylic acids is 2. The molecule has 0 aromatic heterocycles. The van der Waals surface area contributed by atoms with E-state index >= 15 is 0 Å². The fourth-order valence-electron chi connectivity index (χ4n) is 4.50. The van der Waals surface area contributed by atoms with Crippen LogP contribution in [0, 0.1) is 12.8 Å². The first-order valence-electron chi connectivity index (χ1n) is 13.9. The number of amides is 2. The second kappa shape index (κ2) is 14.7. The van der Waals surface area contributed by atoms with Crippen molar-refractivity contribution in [2.45, 2.75) is 51.6 Å². The number of nitrogens with one attached hydrogen (secondary N) is 1. The van der Waals surface area contributed by atoms with Gasteiger partial charge in [0.1, 0.15) is 24.1 Å². The van der Waals surface area contributed by atoms with Crippen LogP contribution in [0.3, 0.4) is 0 Å². The Balaban J connectivity index is 2.09. The van der Waals surface area contributed by atoms with Gasteiger partial charge in [0.15, 0.2) is 0 Å². The summed E-state index contributed by atoms with van der Waals surface area (Å²) < 4.78 is 40.0. The Kier molecular flexibility index (Phi) is 11.4. The number of anilines is 1. The Morgan fingerprint density at radius 2 is 1.62 bits per heavy atom. The predicted octanol–water partition coefficient (Wildman–Crippen LogP) is 4.79. The van der Waals surface area contributed by atoms with Crippen LogP contribution in [-0.2, 0) is 26.2 Å². The minimum atomic E-state index is -4.20. The lowest BCUT2D eigenvalue weighted by Gasteiger charge is -2.33. The summed E-state index contributed by atoms with van der Waals surface area (Å²) in [5, 5.41) is 2.93. The van der Waals surface area contributed by atoms with E-state index in [-0.39, 0.29) is 29.0 Å². The molecule has 226 valence electrons. The van der Waals surface area contributed by atoms with E-state index in [1.807, 2.05) is 33.8 Å². The number of carbonyl (C=O) groups is 2. The molecule has 0 aliphatic carbocycles. The van der Waals surface area contributed by atoms with Gasteiger partial charge >= 0.3 is 0 Å². The topological polar surface area (TPSA) is 105 Å². The van der Waals surface area contributed by atoms with Crippen LogP contribution in [0.25, 0.3) is 0 Å². The predicted molar refractivity (Wildman–Crippen MR) is 164 cm³/mol. The number of hydrogen-bond donors (Lipinski definition) is 1. The summed E-state index contributed by atoms with van der Waals surface area (Å²) in [7, 11) is -1.21. The van der Waals surface area contributed by atoms with Gasteiger partial charge in [-0.1, -0.05) is 62.7 Å². The summed E-state index contributed by atoms with van der Waals surface area (Å²) in [5.74, 6) is 0.283. The Morgan fingerprint density at radius 1 is 0.929 bits per heavy atom. The van der Waals surface area contributed by atoms with Gasteiger partial charge in [0.05, 0.1) is 24.8 Å². The molecule has 3 aromatic carbocycles. The molecule has 2 amide bonds. The summed E-state index contributed by atoms with van der Waals surface area (Å²) in [6.45, 7) is 7.65. The quantitative estimate of drug-likeness (QED) is 0.288. The number of aryl methyl sites for hydroxylation is 1. The number of hydrogen-bond acceptors (Lipinski definition) is 6. The van der Waals surface area contributed by atoms with Crippen molar-refractivity contribution in [3.63, 3.8) is 0 Å². The van der Waals surface area contributed by atoms with E-state index in [0.29, 0.717) is 24.5 Å². The Bertz CT molecular complexity index is 1460. The van der Waals surface area contributed by atoms with Crippen LogP contribution in [0.5, 0.6) is 11.5 Å². The molecule has 3 aromatic rings. The summed E-state index contributed by atoms with van der Waals surface area (Å²) in [4.78, 5) is 29.1. The number of rotatable bonds is 14. The number of ether oxygens (including phenoxy) is 2. The summed E-state index contributed by atoms with van der Waals surface area (Å²) in [5.41, 5.74) is 1.85. The zero-order valence-corrected chi connectivity index (χ0v) is 26.0. The molecule has 10 heteroatoms. The molecular weight excluding hydrogens is 554 g/mol. The van der Waals surface area contributed by atoms with Gasteiger partial charge in [-0.25, -0.2) is 8.42 Å². The van der Waals surface area contributed by atoms with Gasteiger partial charge in [0.2, 0.25) is 11.8 Å². The fraction of sp³-hybridized carbons (Fsp3) is 0.375. The largest absolute Gasteiger partial charge is 0.497 e. The van der Waals surface area contributed by atoms with Crippen LogP contribution < -0.4 is 19.1 Å². The Labute approximate surface area is 249 Å². The van der Waals surface area contributed by atoms with E-state index in [2.05, 4.69) is 5.32 Å². The zero-order valence-electron chi connectivity index (χ0n) is 25.2. The minimum absolute atomic E-state index is 0.0351. The fourth-order valence-corrected chi connectivity index (χ4v) is 5.92. The van der Waals surface area contributed by atoms with Crippen molar-refractivity contribution in [1.82, 2.24) is 10.2 Å². The maximum Gasteiger partial charge on any atom is 0.264 e. The summed E-state index contributed by atoms with van der Waals surface area (Å²) in [6.07, 6.45) is 0.332. The van der Waals surface area contributed by atoms with E-state index in [4.69, 9.17) is 9.47 Å². The lowest BCUT2D eigenvalue weighted by molar-refractivity contribution is -0.140. The highest BCUT2D eigenvalue weighted by Crippen LogP contribution is 2.32. The van der Waals surface area contributed by atoms with Gasteiger partial charge in [-0.2, -0.15) is 0 Å². The smallest absolute Gasteiger partial charge is 0.264 e. The normalized spacial score (nSPS) is 12.0. The van der Waals surface area contributed by atoms with Gasteiger partial charge in [-0.3, -0.25) is 13.9 Å². The highest BCUT2D eigenvalue weighted by atomic mass is 32.2. The highest BCUT2D eigenvalue weighted by molar-refractivity contribution is 7.92. The lowest BCUT2D eigenvalue weighted by Crippen LogP contribution is -2.52. The molecule has 0 spiro atoms. The van der Waals surface area contributed by atoms with Crippen LogP contribution in [0.4, 0.5) is 5.69 Å². The van der Waals surface area contributed by atoms with Gasteiger partial charge in [-0.05, 0) is 61.2 Å². The molecule has 9 nitrogen and oxygen atoms in total. The van der Waals surface area contributed by atoms with Crippen molar-refractivity contribution >= 4 is 27.5 Å². The number of methoxy groups -OCH3 is 2. The number of sulfonamides is 1. The lowest BCUT2D eigenvalue weighted by atomic mass is 10.1. The third kappa shape index (κ3) is 8.03. The van der Waals surface area contributed by atoms with Crippen molar-refractivity contribution < 1.29 is 27.5 Å². The van der Waals surface area contributed by atoms with Gasteiger partial charge < -0.3 is 19.7 Å². The second-order valence-corrected chi connectivity index (χ2v) is 12.3. The molecule has 0 aliphatic heterocycles. The minimum Gasteiger partial charge on any atom is -0.497 e. The van der Waals surface area contributed by atoms with Gasteiger partial charge in [-0.15, -0.1) is 0 Å². The highest BCUT2D eigenvalue weighted by Gasteiger charge is 2.34. The summed E-state index contributed by atoms with van der Waals surface area (Å²) >= 11 is 0. The van der Waals surface area contributed by atoms with Gasteiger partial charge in [0.25, 0.3) is 10.0 Å². The molecule has 0 saturated heterocycles. The van der Waals surface area contributed by atoms with Gasteiger partial charge in [0, 0.05) is 13.1 Å². The van der Waals surface area contributed by atoms with E-state index in [0.717, 1.165) is 15.4 Å². The third-order valence-corrected chi connectivity index (χ3v) is 8.57. The molecule has 1 unspecified atom stereocenters. The first kappa shape index (κ1) is 32.5. The second-order valence-electron chi connectivity index (χ2n) is 10.4. The van der Waals surface area contributed by atoms with Crippen molar-refractivity contribution in [3.8, 4) is 11.5 Å². The zero-order chi connectivity index (χ0) is 30.9. The third-order valence-electron chi connectivity index (χ3n) is 6.80. The van der Waals surface area contributed by atoms with E-state index in [9.17, 15) is 18.0 Å². The average molecular weight is 596 g/mol. The molecule has 0 aliphatic rings. The monoisotopic (exact) mass is 595 g/mol. The number of para-hydroxylation sites is 2. The maximum atomic E-state index is 14.2. The van der Waals surface area contributed by atoms with Crippen LogP contribution >= 0.6 is 0 Å². The van der Waals surface area contributed by atoms with Crippen molar-refractivity contribution in [1.29, 1.82) is 0 Å². The first-order valence-corrected chi connectivity index (χ1v) is 15.4. The SMILES string of the molecule is CCC(C(=O)NCC(C)C)N(Cc1cccc(OC)c1)C(=O)CN(c1ccccc1OC)S(=O)(=O)c1ccc(C)cc1. The molecule has 0 heterocycles. The Morgan fingerprint density at radius 3 is 2.24 bits per heavy atom. The van der Waals surface area contributed by atoms with Crippen molar-refractivity contribution in [3.05, 3.63) is 83.9 Å². The molecular formula is C32H41N3O6S. The van der Waals surface area contributed by atoms with Crippen LogP contribution in [0.2, 0.25) is 0 Å². The van der Waals surface area contributed by atoms with E-state index in [1.54, 1.807) is 61.7 Å². The number of nitrogens with zero attached hydrogens (tertiary/aromatic N) is 2. The molecule has 1 N–H and O–H groups in total. The molecule has 0 radical (unpaired) electrons. The van der Waals surface area contributed by atoms with Crippen LogP contribution in [0.15, 0.2) is 77.7 Å². The van der Waals surface area contributed by atoms with Crippen molar-refractivity contribution in [2.24, 2.45) is 5.92 Å². The van der Waals surface area contributed by atoms with E-state index < -0.39 is 28.5 Å². The first-order chi connectivity index (χ1) is 20.0. The molecule has 0 fully saturated rings. The molecule has 3 rings (SSSR count). The molecule has 1 atom stereocenters. The van der Waals surface area contributed by atoms with E-state index in [1.165, 1.54) is 24.1 Å². The summed E-state index contributed by atoms with van der Waals surface area (Å²) in [6, 6.07) is 19.5. The standard InChI is InChI=1S/C32H41N3O6S/c1-7-28(32(37)33-20-23(2)3)34(21-25-11-10-12-26(19-25)40-5)31(36)22-35(29-13-8-9-14-30(29)41-6)42(38,39)27-17-15-24(4)16-18-27/h8-19,23,28H,7,20-22H2,1-6H3,(H,33,37). The Hall–Kier alpha value is -4.05.